The van der Waals surface area contributed by atoms with Crippen LogP contribution in [0.2, 0.25) is 10.0 Å². The van der Waals surface area contributed by atoms with Gasteiger partial charge in [0, 0.05) is 42.1 Å². The summed E-state index contributed by atoms with van der Waals surface area (Å²) < 4.78 is 41.0. The van der Waals surface area contributed by atoms with Crippen LogP contribution in [0.5, 0.6) is 0 Å². The molecule has 0 aliphatic heterocycles. The number of hydrogen-bond acceptors (Lipinski definition) is 6. The number of nitrogens with zero attached hydrogens (tertiary/aromatic N) is 5. The average molecular weight is 492 g/mol. The summed E-state index contributed by atoms with van der Waals surface area (Å²) in [7, 11) is 0. The number of aromatic nitrogens is 4. The van der Waals surface area contributed by atoms with E-state index < -0.39 is 11.9 Å². The Morgan fingerprint density at radius 2 is 1.82 bits per heavy atom. The molecule has 1 aromatic carbocycles. The molecule has 0 saturated heterocycles. The van der Waals surface area contributed by atoms with E-state index in [9.17, 15) is 13.2 Å². The van der Waals surface area contributed by atoms with Crippen LogP contribution in [-0.4, -0.2) is 32.4 Å². The summed E-state index contributed by atoms with van der Waals surface area (Å²) in [5.41, 5.74) is 0.300. The minimum Gasteiger partial charge on any atom is -0.368 e. The van der Waals surface area contributed by atoms with Crippen LogP contribution in [0.3, 0.4) is 0 Å². The fourth-order valence-corrected chi connectivity index (χ4v) is 3.52. The number of rotatable bonds is 6. The molecule has 3 aromatic heterocycles. The third-order valence-corrected chi connectivity index (χ3v) is 5.11. The highest BCUT2D eigenvalue weighted by molar-refractivity contribution is 6.36. The molecule has 0 saturated carbocycles. The van der Waals surface area contributed by atoms with Gasteiger partial charge in [-0.2, -0.15) is 18.4 Å². The molecule has 2 N–H and O–H groups in total. The molecule has 168 valence electrons. The van der Waals surface area contributed by atoms with Gasteiger partial charge in [0.15, 0.2) is 5.69 Å². The molecule has 0 spiro atoms. The summed E-state index contributed by atoms with van der Waals surface area (Å²) in [5, 5.41) is 15.6. The van der Waals surface area contributed by atoms with Crippen molar-refractivity contribution < 1.29 is 13.2 Å². The van der Waals surface area contributed by atoms with Crippen LogP contribution < -0.4 is 10.6 Å². The predicted octanol–water partition coefficient (Wildman–Crippen LogP) is 5.51. The van der Waals surface area contributed by atoms with E-state index in [0.717, 1.165) is 6.20 Å². The minimum absolute atomic E-state index is 0.0579. The third-order valence-electron chi connectivity index (χ3n) is 4.56. The Balaban J connectivity index is 1.61. The van der Waals surface area contributed by atoms with E-state index in [4.69, 9.17) is 28.5 Å². The van der Waals surface area contributed by atoms with Gasteiger partial charge >= 0.3 is 6.18 Å². The Morgan fingerprint density at radius 3 is 2.48 bits per heavy atom. The first kappa shape index (κ1) is 22.6. The maximum atomic E-state index is 13.2. The Bertz CT molecular complexity index is 1350. The first-order chi connectivity index (χ1) is 15.7. The van der Waals surface area contributed by atoms with E-state index in [1.54, 1.807) is 24.3 Å². The van der Waals surface area contributed by atoms with Crippen molar-refractivity contribution in [2.45, 2.75) is 6.18 Å². The molecule has 0 aliphatic carbocycles. The number of benzene rings is 1. The van der Waals surface area contributed by atoms with Gasteiger partial charge in [-0.3, -0.25) is 4.40 Å². The van der Waals surface area contributed by atoms with Crippen LogP contribution in [0.15, 0.2) is 48.8 Å². The summed E-state index contributed by atoms with van der Waals surface area (Å²) in [6.45, 7) is 0.690. The predicted molar refractivity (Wildman–Crippen MR) is 119 cm³/mol. The lowest BCUT2D eigenvalue weighted by atomic mass is 10.1. The molecule has 4 rings (SSSR count). The van der Waals surface area contributed by atoms with Crippen LogP contribution in [0.1, 0.15) is 11.3 Å². The number of imidazole rings is 1. The second kappa shape index (κ2) is 9.13. The number of halogens is 5. The number of anilines is 2. The number of nitriles is 1. The first-order valence-corrected chi connectivity index (χ1v) is 10.3. The van der Waals surface area contributed by atoms with Crippen molar-refractivity contribution in [3.05, 3.63) is 70.1 Å². The van der Waals surface area contributed by atoms with Crippen molar-refractivity contribution in [1.29, 1.82) is 5.26 Å². The Kier molecular flexibility index (Phi) is 6.26. The van der Waals surface area contributed by atoms with Crippen molar-refractivity contribution in [2.75, 3.05) is 23.7 Å². The normalized spacial score (nSPS) is 11.4. The van der Waals surface area contributed by atoms with E-state index in [1.165, 1.54) is 22.7 Å². The topological polar surface area (TPSA) is 90.9 Å². The van der Waals surface area contributed by atoms with E-state index in [-0.39, 0.29) is 11.6 Å². The fraction of sp³-hybridized carbons (Fsp3) is 0.143. The van der Waals surface area contributed by atoms with E-state index in [2.05, 4.69) is 25.6 Å². The summed E-state index contributed by atoms with van der Waals surface area (Å²) in [4.78, 5) is 12.3. The molecule has 0 aliphatic rings. The van der Waals surface area contributed by atoms with Gasteiger partial charge in [0.05, 0.1) is 16.3 Å². The summed E-state index contributed by atoms with van der Waals surface area (Å²) in [6, 6.07) is 11.5. The van der Waals surface area contributed by atoms with Crippen molar-refractivity contribution in [1.82, 2.24) is 19.4 Å². The minimum atomic E-state index is -4.61. The molecule has 0 bridgehead atoms. The van der Waals surface area contributed by atoms with Gasteiger partial charge in [0.2, 0.25) is 5.95 Å². The molecular formula is C21H14Cl2F3N7. The first-order valence-electron chi connectivity index (χ1n) is 9.51. The number of alkyl halides is 3. The maximum Gasteiger partial charge on any atom is 0.434 e. The molecule has 7 nitrogen and oxygen atoms in total. The summed E-state index contributed by atoms with van der Waals surface area (Å²) in [6.07, 6.45) is -2.29. The lowest BCUT2D eigenvalue weighted by Gasteiger charge is -2.12. The molecule has 0 fully saturated rings. The quantitative estimate of drug-likeness (QED) is 0.345. The molecule has 0 unspecified atom stereocenters. The molecule has 33 heavy (non-hydrogen) atoms. The lowest BCUT2D eigenvalue weighted by molar-refractivity contribution is -0.140. The lowest BCUT2D eigenvalue weighted by Crippen LogP contribution is -2.17. The van der Waals surface area contributed by atoms with Crippen LogP contribution in [0.25, 0.3) is 16.9 Å². The number of hydrogen-bond donors (Lipinski definition) is 2. The summed E-state index contributed by atoms with van der Waals surface area (Å²) >= 11 is 12.2. The van der Waals surface area contributed by atoms with Gasteiger partial charge in [-0.25, -0.2) is 15.0 Å². The smallest absolute Gasteiger partial charge is 0.368 e. The van der Waals surface area contributed by atoms with E-state index >= 15 is 0 Å². The zero-order valence-electron chi connectivity index (χ0n) is 16.7. The largest absolute Gasteiger partial charge is 0.434 e. The van der Waals surface area contributed by atoms with Crippen LogP contribution in [0.4, 0.5) is 24.9 Å². The van der Waals surface area contributed by atoms with Gasteiger partial charge < -0.3 is 10.6 Å². The standard InChI is InChI=1S/C21H14Cl2F3N7/c22-13-2-3-14(15(23)7-13)16-8-19-32-17(21(24,25)26)11-33(19)20(31-16)29-6-5-28-18-4-1-12(9-27)10-30-18/h1-4,7-8,10-11H,5-6H2,(H,28,30)(H,29,31). The molecule has 0 radical (unpaired) electrons. The molecule has 3 heterocycles. The summed E-state index contributed by atoms with van der Waals surface area (Å²) in [5.74, 6) is 0.712. The van der Waals surface area contributed by atoms with Crippen LogP contribution in [-0.2, 0) is 6.18 Å². The zero-order chi connectivity index (χ0) is 23.6. The fourth-order valence-electron chi connectivity index (χ4n) is 3.01. The highest BCUT2D eigenvalue weighted by Gasteiger charge is 2.34. The van der Waals surface area contributed by atoms with Gasteiger partial charge in [-0.05, 0) is 30.3 Å². The third kappa shape index (κ3) is 5.10. The zero-order valence-corrected chi connectivity index (χ0v) is 18.2. The van der Waals surface area contributed by atoms with Crippen molar-refractivity contribution in [3.8, 4) is 17.3 Å². The monoisotopic (exact) mass is 491 g/mol. The highest BCUT2D eigenvalue weighted by Crippen LogP contribution is 2.33. The van der Waals surface area contributed by atoms with Crippen molar-refractivity contribution in [3.63, 3.8) is 0 Å². The Morgan fingerprint density at radius 1 is 1.03 bits per heavy atom. The van der Waals surface area contributed by atoms with E-state index in [0.29, 0.717) is 45.8 Å². The van der Waals surface area contributed by atoms with Gasteiger partial charge in [-0.1, -0.05) is 23.2 Å². The SMILES string of the molecule is N#Cc1ccc(NCCNc2nc(-c3ccc(Cl)cc3Cl)cc3nc(C(F)(F)F)cn23)nc1. The maximum absolute atomic E-state index is 13.2. The van der Waals surface area contributed by atoms with Gasteiger partial charge in [0.25, 0.3) is 0 Å². The molecule has 12 heteroatoms. The second-order valence-corrected chi connectivity index (χ2v) is 7.68. The van der Waals surface area contributed by atoms with Gasteiger partial charge in [-0.15, -0.1) is 0 Å². The number of fused-ring (bicyclic) bond motifs is 1. The Hall–Kier alpha value is -3.55. The average Bonchev–Trinajstić information content (AvgIpc) is 3.22. The number of pyridine rings is 1. The highest BCUT2D eigenvalue weighted by atomic mass is 35.5. The van der Waals surface area contributed by atoms with Crippen molar-refractivity contribution >= 4 is 40.6 Å². The van der Waals surface area contributed by atoms with E-state index in [1.807, 2.05) is 6.07 Å². The molecular weight excluding hydrogens is 478 g/mol. The van der Waals surface area contributed by atoms with Crippen LogP contribution in [0, 0.1) is 11.3 Å². The molecule has 0 atom stereocenters. The van der Waals surface area contributed by atoms with Crippen LogP contribution >= 0.6 is 23.2 Å². The Labute approximate surface area is 195 Å². The molecule has 4 aromatic rings. The van der Waals surface area contributed by atoms with Gasteiger partial charge in [0.1, 0.15) is 17.5 Å². The van der Waals surface area contributed by atoms with Crippen molar-refractivity contribution in [2.24, 2.45) is 0 Å². The molecule has 0 amide bonds. The number of nitrogens with one attached hydrogen (secondary N) is 2. The second-order valence-electron chi connectivity index (χ2n) is 6.84.